The van der Waals surface area contributed by atoms with Crippen LogP contribution in [0.2, 0.25) is 0 Å². The van der Waals surface area contributed by atoms with E-state index in [0.29, 0.717) is 6.54 Å². The van der Waals surface area contributed by atoms with Gasteiger partial charge in [0, 0.05) is 37.1 Å². The van der Waals surface area contributed by atoms with Crippen molar-refractivity contribution < 1.29 is 4.79 Å². The summed E-state index contributed by atoms with van der Waals surface area (Å²) in [5.41, 5.74) is 0. The molecule has 0 aliphatic heterocycles. The van der Waals surface area contributed by atoms with Gasteiger partial charge in [-0.3, -0.25) is 0 Å². The summed E-state index contributed by atoms with van der Waals surface area (Å²) in [6, 6.07) is -0.0964. The molecular weight excluding hydrogens is 234 g/mol. The van der Waals surface area contributed by atoms with Crippen molar-refractivity contribution in [3.8, 4) is 0 Å². The zero-order valence-electron chi connectivity index (χ0n) is 10.5. The topological polar surface area (TPSA) is 45.2 Å². The van der Waals surface area contributed by atoms with Crippen molar-refractivity contribution in [3.05, 3.63) is 29.2 Å². The van der Waals surface area contributed by atoms with Gasteiger partial charge in [-0.1, -0.05) is 13.0 Å². The van der Waals surface area contributed by atoms with Crippen molar-refractivity contribution in [1.82, 2.24) is 15.2 Å². The third kappa shape index (κ3) is 4.19. The predicted molar refractivity (Wildman–Crippen MR) is 71.3 cm³/mol. The number of likely N-dealkylation sites (N-methyl/N-ethyl adjacent to an activating group) is 1. The van der Waals surface area contributed by atoms with Crippen LogP contribution >= 0.6 is 11.3 Å². The van der Waals surface area contributed by atoms with E-state index < -0.39 is 0 Å². The Balaban J connectivity index is 2.45. The van der Waals surface area contributed by atoms with Crippen molar-refractivity contribution in [2.24, 2.45) is 0 Å². The second-order valence-corrected chi connectivity index (χ2v) is 5.05. The molecule has 0 saturated heterocycles. The van der Waals surface area contributed by atoms with Crippen molar-refractivity contribution in [3.63, 3.8) is 0 Å². The lowest BCUT2D eigenvalue weighted by molar-refractivity contribution is 0.205. The van der Waals surface area contributed by atoms with Crippen LogP contribution in [0.1, 0.15) is 24.8 Å². The number of thiazole rings is 1. The van der Waals surface area contributed by atoms with Crippen LogP contribution in [0.4, 0.5) is 4.79 Å². The van der Waals surface area contributed by atoms with E-state index in [4.69, 9.17) is 0 Å². The first kappa shape index (κ1) is 13.7. The average Bonchev–Trinajstić information content (AvgIpc) is 2.82. The molecule has 1 heterocycles. The molecule has 17 heavy (non-hydrogen) atoms. The lowest BCUT2D eigenvalue weighted by Gasteiger charge is -2.22. The molecule has 0 fully saturated rings. The van der Waals surface area contributed by atoms with E-state index in [1.807, 2.05) is 12.3 Å². The summed E-state index contributed by atoms with van der Waals surface area (Å²) in [5.74, 6) is 0.254. The Labute approximate surface area is 106 Å². The summed E-state index contributed by atoms with van der Waals surface area (Å²) >= 11 is 1.62. The van der Waals surface area contributed by atoms with Gasteiger partial charge >= 0.3 is 6.03 Å². The van der Waals surface area contributed by atoms with Gasteiger partial charge in [0.1, 0.15) is 0 Å². The molecule has 0 radical (unpaired) electrons. The van der Waals surface area contributed by atoms with Crippen LogP contribution in [0.3, 0.4) is 0 Å². The Bertz CT molecular complexity index is 364. The number of carbonyl (C=O) groups excluding carboxylic acids is 1. The standard InChI is InChI=1S/C12H19N3OS/c1-5-10(3)14-12(16)15(4)8-9(2)11-13-6-7-17-11/h5-7,9-10H,1,8H2,2-4H3,(H,14,16)/t9-,10+/m1/s1. The second kappa shape index (κ2) is 6.39. The molecule has 2 amide bonds. The van der Waals surface area contributed by atoms with E-state index in [2.05, 4.69) is 23.8 Å². The summed E-state index contributed by atoms with van der Waals surface area (Å²) in [5, 5.41) is 5.84. The van der Waals surface area contributed by atoms with Gasteiger partial charge in [-0.25, -0.2) is 9.78 Å². The molecular formula is C12H19N3OS. The Hall–Kier alpha value is -1.36. The lowest BCUT2D eigenvalue weighted by Crippen LogP contribution is -2.42. The summed E-state index contributed by atoms with van der Waals surface area (Å²) in [4.78, 5) is 17.7. The highest BCUT2D eigenvalue weighted by Gasteiger charge is 2.15. The maximum absolute atomic E-state index is 11.8. The highest BCUT2D eigenvalue weighted by molar-refractivity contribution is 7.09. The summed E-state index contributed by atoms with van der Waals surface area (Å²) in [6.45, 7) is 8.25. The van der Waals surface area contributed by atoms with E-state index in [-0.39, 0.29) is 18.0 Å². The van der Waals surface area contributed by atoms with Crippen LogP contribution in [0, 0.1) is 0 Å². The minimum absolute atomic E-state index is 0.0138. The molecule has 0 aliphatic carbocycles. The van der Waals surface area contributed by atoms with E-state index in [0.717, 1.165) is 5.01 Å². The number of carbonyl (C=O) groups is 1. The summed E-state index contributed by atoms with van der Waals surface area (Å²) in [6.07, 6.45) is 3.49. The van der Waals surface area contributed by atoms with Crippen LogP contribution in [0.15, 0.2) is 24.2 Å². The molecule has 1 N–H and O–H groups in total. The molecule has 0 spiro atoms. The SMILES string of the molecule is C=C[C@H](C)NC(=O)N(C)C[C@@H](C)c1nccs1. The summed E-state index contributed by atoms with van der Waals surface area (Å²) < 4.78 is 0. The molecule has 5 heteroatoms. The van der Waals surface area contributed by atoms with Crippen molar-refractivity contribution >= 4 is 17.4 Å². The zero-order valence-corrected chi connectivity index (χ0v) is 11.3. The van der Waals surface area contributed by atoms with E-state index in [1.165, 1.54) is 0 Å². The monoisotopic (exact) mass is 253 g/mol. The third-order valence-corrected chi connectivity index (χ3v) is 3.48. The van der Waals surface area contributed by atoms with Crippen molar-refractivity contribution in [2.75, 3.05) is 13.6 Å². The second-order valence-electron chi connectivity index (χ2n) is 4.13. The van der Waals surface area contributed by atoms with Gasteiger partial charge in [0.05, 0.1) is 5.01 Å². The number of amides is 2. The Kier molecular flexibility index (Phi) is 5.15. The molecule has 0 aliphatic rings. The van der Waals surface area contributed by atoms with Crippen LogP contribution in [0.25, 0.3) is 0 Å². The molecule has 1 aromatic heterocycles. The normalized spacial score (nSPS) is 13.8. The highest BCUT2D eigenvalue weighted by atomic mass is 32.1. The fraction of sp³-hybridized carbons (Fsp3) is 0.500. The fourth-order valence-corrected chi connectivity index (χ4v) is 2.10. The molecule has 0 aromatic carbocycles. The van der Waals surface area contributed by atoms with Crippen molar-refractivity contribution in [1.29, 1.82) is 0 Å². The van der Waals surface area contributed by atoms with Gasteiger partial charge in [0.25, 0.3) is 0 Å². The quantitative estimate of drug-likeness (QED) is 0.819. The zero-order chi connectivity index (χ0) is 12.8. The Morgan fingerprint density at radius 3 is 2.94 bits per heavy atom. The number of nitrogens with one attached hydrogen (secondary N) is 1. The number of rotatable bonds is 5. The molecule has 0 saturated carbocycles. The Morgan fingerprint density at radius 2 is 2.41 bits per heavy atom. The van der Waals surface area contributed by atoms with Crippen LogP contribution in [0.5, 0.6) is 0 Å². The number of urea groups is 1. The van der Waals surface area contributed by atoms with Crippen LogP contribution in [-0.2, 0) is 0 Å². The third-order valence-electron chi connectivity index (χ3n) is 2.47. The minimum Gasteiger partial charge on any atom is -0.332 e. The number of aromatic nitrogens is 1. The van der Waals surface area contributed by atoms with Gasteiger partial charge in [0.2, 0.25) is 0 Å². The van der Waals surface area contributed by atoms with E-state index >= 15 is 0 Å². The minimum atomic E-state index is -0.0826. The molecule has 0 unspecified atom stereocenters. The van der Waals surface area contributed by atoms with Crippen LogP contribution < -0.4 is 5.32 Å². The number of nitrogens with zero attached hydrogens (tertiary/aromatic N) is 2. The van der Waals surface area contributed by atoms with Gasteiger partial charge in [-0.2, -0.15) is 0 Å². The highest BCUT2D eigenvalue weighted by Crippen LogP contribution is 2.18. The Morgan fingerprint density at radius 1 is 1.71 bits per heavy atom. The molecule has 4 nitrogen and oxygen atoms in total. The maximum atomic E-state index is 11.8. The summed E-state index contributed by atoms with van der Waals surface area (Å²) in [7, 11) is 1.79. The molecule has 2 atom stereocenters. The van der Waals surface area contributed by atoms with Gasteiger partial charge < -0.3 is 10.2 Å². The largest absolute Gasteiger partial charge is 0.332 e. The van der Waals surface area contributed by atoms with Crippen LogP contribution in [-0.4, -0.2) is 35.5 Å². The maximum Gasteiger partial charge on any atom is 0.317 e. The van der Waals surface area contributed by atoms with Gasteiger partial charge in [-0.05, 0) is 6.92 Å². The fourth-order valence-electron chi connectivity index (χ4n) is 1.41. The molecule has 1 rings (SSSR count). The number of hydrogen-bond donors (Lipinski definition) is 1. The average molecular weight is 253 g/mol. The van der Waals surface area contributed by atoms with E-state index in [1.54, 1.807) is 35.6 Å². The lowest BCUT2D eigenvalue weighted by atomic mass is 10.2. The smallest absolute Gasteiger partial charge is 0.317 e. The van der Waals surface area contributed by atoms with Crippen molar-refractivity contribution in [2.45, 2.75) is 25.8 Å². The molecule has 94 valence electrons. The molecule has 0 bridgehead atoms. The van der Waals surface area contributed by atoms with Gasteiger partial charge in [-0.15, -0.1) is 17.9 Å². The first-order chi connectivity index (χ1) is 8.04. The van der Waals surface area contributed by atoms with Gasteiger partial charge in [0.15, 0.2) is 0 Å². The predicted octanol–water partition coefficient (Wildman–Crippen LogP) is 2.46. The molecule has 1 aromatic rings. The first-order valence-electron chi connectivity index (χ1n) is 5.58. The first-order valence-corrected chi connectivity index (χ1v) is 6.46. The number of hydrogen-bond acceptors (Lipinski definition) is 3. The van der Waals surface area contributed by atoms with E-state index in [9.17, 15) is 4.79 Å².